The zero-order valence-corrected chi connectivity index (χ0v) is 12.9. The largest absolute Gasteiger partial charge is 0.457 e. The van der Waals surface area contributed by atoms with Crippen LogP contribution in [0.15, 0.2) is 42.5 Å². The molecule has 0 unspecified atom stereocenters. The Morgan fingerprint density at radius 3 is 2.26 bits per heavy atom. The van der Waals surface area contributed by atoms with Gasteiger partial charge >= 0.3 is 6.18 Å². The van der Waals surface area contributed by atoms with Crippen LogP contribution in [0.5, 0.6) is 11.5 Å². The lowest BCUT2D eigenvalue weighted by Crippen LogP contribution is -2.04. The maximum absolute atomic E-state index is 12.6. The average molecular weight is 322 g/mol. The number of rotatable bonds is 5. The normalized spacial score (nSPS) is 11.3. The first-order valence-corrected chi connectivity index (χ1v) is 7.31. The minimum atomic E-state index is -4.37. The number of halogens is 3. The van der Waals surface area contributed by atoms with E-state index in [1.807, 2.05) is 6.92 Å². The molecule has 0 bridgehead atoms. The fraction of sp³-hybridized carbons (Fsp3) is 0.278. The quantitative estimate of drug-likeness (QED) is 0.665. The summed E-state index contributed by atoms with van der Waals surface area (Å²) in [6.07, 6.45) is -2.89. The zero-order valence-electron chi connectivity index (χ0n) is 12.9. The summed E-state index contributed by atoms with van der Waals surface area (Å²) in [5.41, 5.74) is 0.634. The number of hydrogen-bond donors (Lipinski definition) is 0. The lowest BCUT2D eigenvalue weighted by molar-refractivity contribution is -0.137. The lowest BCUT2D eigenvalue weighted by atomic mass is 9.99. The molecule has 0 aliphatic carbocycles. The Bertz CT molecular complexity index is 688. The molecule has 5 heteroatoms. The topological polar surface area (TPSA) is 26.3 Å². The van der Waals surface area contributed by atoms with Gasteiger partial charge in [-0.2, -0.15) is 13.2 Å². The molecule has 2 aromatic carbocycles. The van der Waals surface area contributed by atoms with Crippen LogP contribution in [0.25, 0.3) is 0 Å². The summed E-state index contributed by atoms with van der Waals surface area (Å²) in [4.78, 5) is 11.7. The number of carbonyl (C=O) groups is 1. The standard InChI is InChI=1S/C18H17F3O2/c1-3-5-16-15(12(2)22)6-4-7-17(16)23-14-10-8-13(9-11-14)18(19,20)21/h4,6-11H,3,5H2,1-2H3. The fourth-order valence-electron chi connectivity index (χ4n) is 2.34. The van der Waals surface area contributed by atoms with E-state index in [2.05, 4.69) is 0 Å². The smallest absolute Gasteiger partial charge is 0.416 e. The summed E-state index contributed by atoms with van der Waals surface area (Å²) < 4.78 is 43.4. The van der Waals surface area contributed by atoms with E-state index < -0.39 is 11.7 Å². The Kier molecular flexibility index (Phi) is 5.08. The third-order valence-corrected chi connectivity index (χ3v) is 3.42. The Morgan fingerprint density at radius 2 is 1.74 bits per heavy atom. The van der Waals surface area contributed by atoms with Gasteiger partial charge in [-0.3, -0.25) is 4.79 Å². The predicted octanol–water partition coefficient (Wildman–Crippen LogP) is 5.65. The Morgan fingerprint density at radius 1 is 1.09 bits per heavy atom. The highest BCUT2D eigenvalue weighted by Crippen LogP contribution is 2.33. The van der Waals surface area contributed by atoms with Crippen LogP contribution in [-0.4, -0.2) is 5.78 Å². The van der Waals surface area contributed by atoms with Crippen molar-refractivity contribution in [1.29, 1.82) is 0 Å². The van der Waals surface area contributed by atoms with E-state index in [1.54, 1.807) is 18.2 Å². The molecule has 122 valence electrons. The van der Waals surface area contributed by atoms with Gasteiger partial charge in [-0.05, 0) is 43.7 Å². The van der Waals surface area contributed by atoms with E-state index in [1.165, 1.54) is 19.1 Å². The second-order valence-corrected chi connectivity index (χ2v) is 5.21. The molecule has 0 aliphatic heterocycles. The van der Waals surface area contributed by atoms with Crippen LogP contribution in [0.1, 0.15) is 41.8 Å². The van der Waals surface area contributed by atoms with Gasteiger partial charge < -0.3 is 4.74 Å². The van der Waals surface area contributed by atoms with Gasteiger partial charge in [0.15, 0.2) is 5.78 Å². The highest BCUT2D eigenvalue weighted by molar-refractivity contribution is 5.96. The number of carbonyl (C=O) groups excluding carboxylic acids is 1. The molecule has 0 fully saturated rings. The molecule has 0 aliphatic rings. The fourth-order valence-corrected chi connectivity index (χ4v) is 2.34. The first-order valence-electron chi connectivity index (χ1n) is 7.31. The van der Waals surface area contributed by atoms with Gasteiger partial charge in [0.25, 0.3) is 0 Å². The van der Waals surface area contributed by atoms with Crippen LogP contribution >= 0.6 is 0 Å². The summed E-state index contributed by atoms with van der Waals surface area (Å²) in [6.45, 7) is 3.47. The minimum absolute atomic E-state index is 0.0636. The molecule has 2 aromatic rings. The van der Waals surface area contributed by atoms with Gasteiger partial charge in [-0.1, -0.05) is 25.5 Å². The van der Waals surface area contributed by atoms with Gasteiger partial charge in [0.2, 0.25) is 0 Å². The van der Waals surface area contributed by atoms with Crippen molar-refractivity contribution >= 4 is 5.78 Å². The first kappa shape index (κ1) is 17.1. The number of ether oxygens (including phenoxy) is 1. The molecule has 0 radical (unpaired) electrons. The molecule has 0 aromatic heterocycles. The Labute approximate surface area is 132 Å². The summed E-state index contributed by atoms with van der Waals surface area (Å²) in [7, 11) is 0. The van der Waals surface area contributed by atoms with Gasteiger partial charge in [-0.15, -0.1) is 0 Å². The third-order valence-electron chi connectivity index (χ3n) is 3.42. The van der Waals surface area contributed by atoms with Crippen LogP contribution in [0.2, 0.25) is 0 Å². The SMILES string of the molecule is CCCc1c(Oc2ccc(C(F)(F)F)cc2)cccc1C(C)=O. The van der Waals surface area contributed by atoms with Gasteiger partial charge in [0.05, 0.1) is 5.56 Å². The van der Waals surface area contributed by atoms with E-state index >= 15 is 0 Å². The number of ketones is 1. The minimum Gasteiger partial charge on any atom is -0.457 e. The van der Waals surface area contributed by atoms with Gasteiger partial charge in [0, 0.05) is 11.1 Å². The third kappa shape index (κ3) is 4.12. The van der Waals surface area contributed by atoms with Crippen molar-refractivity contribution in [2.75, 3.05) is 0 Å². The molecule has 2 nitrogen and oxygen atoms in total. The van der Waals surface area contributed by atoms with Crippen LogP contribution in [0.4, 0.5) is 13.2 Å². The summed E-state index contributed by atoms with van der Waals surface area (Å²) in [5, 5.41) is 0. The maximum Gasteiger partial charge on any atom is 0.416 e. The van der Waals surface area contributed by atoms with E-state index in [-0.39, 0.29) is 5.78 Å². The summed E-state index contributed by atoms with van der Waals surface area (Å²) in [6, 6.07) is 9.66. The molecule has 0 N–H and O–H groups in total. The molecular weight excluding hydrogens is 305 g/mol. The van der Waals surface area contributed by atoms with Crippen molar-refractivity contribution in [3.8, 4) is 11.5 Å². The van der Waals surface area contributed by atoms with Crippen molar-refractivity contribution in [3.63, 3.8) is 0 Å². The molecule has 23 heavy (non-hydrogen) atoms. The number of alkyl halides is 3. The van der Waals surface area contributed by atoms with E-state index in [9.17, 15) is 18.0 Å². The molecule has 0 spiro atoms. The van der Waals surface area contributed by atoms with Crippen molar-refractivity contribution < 1.29 is 22.7 Å². The van der Waals surface area contributed by atoms with Crippen molar-refractivity contribution in [3.05, 3.63) is 59.2 Å². The molecule has 0 heterocycles. The van der Waals surface area contributed by atoms with Crippen LogP contribution < -0.4 is 4.74 Å². The molecular formula is C18H17F3O2. The van der Waals surface area contributed by atoms with Crippen LogP contribution in [0.3, 0.4) is 0 Å². The van der Waals surface area contributed by atoms with E-state index in [4.69, 9.17) is 4.74 Å². The van der Waals surface area contributed by atoms with E-state index in [0.29, 0.717) is 23.5 Å². The summed E-state index contributed by atoms with van der Waals surface area (Å²) >= 11 is 0. The predicted molar refractivity (Wildman–Crippen MR) is 82.0 cm³/mol. The maximum atomic E-state index is 12.6. The molecule has 0 saturated heterocycles. The zero-order chi connectivity index (χ0) is 17.0. The second kappa shape index (κ2) is 6.86. The van der Waals surface area contributed by atoms with E-state index in [0.717, 1.165) is 24.1 Å². The number of Topliss-reactive ketones (excluding diaryl/α,β-unsaturated/α-hetero) is 1. The summed E-state index contributed by atoms with van der Waals surface area (Å²) in [5.74, 6) is 0.738. The molecule has 0 atom stereocenters. The Balaban J connectivity index is 2.32. The molecule has 0 amide bonds. The average Bonchev–Trinajstić information content (AvgIpc) is 2.48. The van der Waals surface area contributed by atoms with Gasteiger partial charge in [-0.25, -0.2) is 0 Å². The molecule has 0 saturated carbocycles. The van der Waals surface area contributed by atoms with Crippen molar-refractivity contribution in [1.82, 2.24) is 0 Å². The first-order chi connectivity index (χ1) is 10.8. The van der Waals surface area contributed by atoms with Crippen LogP contribution in [-0.2, 0) is 12.6 Å². The monoisotopic (exact) mass is 322 g/mol. The van der Waals surface area contributed by atoms with Crippen LogP contribution in [0, 0.1) is 0 Å². The van der Waals surface area contributed by atoms with Crippen molar-refractivity contribution in [2.45, 2.75) is 32.9 Å². The second-order valence-electron chi connectivity index (χ2n) is 5.21. The number of hydrogen-bond acceptors (Lipinski definition) is 2. The highest BCUT2D eigenvalue weighted by atomic mass is 19.4. The van der Waals surface area contributed by atoms with Gasteiger partial charge in [0.1, 0.15) is 11.5 Å². The van der Waals surface area contributed by atoms with Crippen molar-refractivity contribution in [2.24, 2.45) is 0 Å². The highest BCUT2D eigenvalue weighted by Gasteiger charge is 2.30. The number of benzene rings is 2. The lowest BCUT2D eigenvalue weighted by Gasteiger charge is -2.14. The molecule has 2 rings (SSSR count). The Hall–Kier alpha value is -2.30.